The first-order valence-electron chi connectivity index (χ1n) is 7.12. The molecule has 1 amide bonds. The van der Waals surface area contributed by atoms with Crippen LogP contribution in [0.4, 0.5) is 5.82 Å². The Balaban J connectivity index is 0.00000176. The van der Waals surface area contributed by atoms with Crippen LogP contribution in [0.5, 0.6) is 0 Å². The minimum atomic E-state index is -0.194. The van der Waals surface area contributed by atoms with Crippen LogP contribution in [0.2, 0.25) is 0 Å². The van der Waals surface area contributed by atoms with Gasteiger partial charge >= 0.3 is 0 Å². The van der Waals surface area contributed by atoms with Crippen molar-refractivity contribution < 1.29 is 9.42 Å². The summed E-state index contributed by atoms with van der Waals surface area (Å²) >= 11 is 0. The fraction of sp³-hybridized carbons (Fsp3) is 0.400. The summed E-state index contributed by atoms with van der Waals surface area (Å²) in [5, 5.41) is 13.4. The number of aryl methyl sites for hydroxylation is 1. The van der Waals surface area contributed by atoms with Gasteiger partial charge in [0.1, 0.15) is 5.69 Å². The number of aromatic nitrogens is 2. The highest BCUT2D eigenvalue weighted by molar-refractivity contribution is 6.04. The SMILES string of the molecule is Cc1nonc1NC(=O)c1cccc(CC2CCNC2)c1.Cl. The molecule has 2 N–H and O–H groups in total. The van der Waals surface area contributed by atoms with E-state index in [4.69, 9.17) is 0 Å². The molecule has 7 heteroatoms. The van der Waals surface area contributed by atoms with Crippen molar-refractivity contribution in [2.45, 2.75) is 19.8 Å². The molecule has 1 unspecified atom stereocenters. The lowest BCUT2D eigenvalue weighted by Gasteiger charge is -2.09. The number of nitrogens with zero attached hydrogens (tertiary/aromatic N) is 2. The van der Waals surface area contributed by atoms with Crippen LogP contribution >= 0.6 is 12.4 Å². The predicted octanol–water partition coefficient (Wildman–Crippen LogP) is 2.20. The van der Waals surface area contributed by atoms with Crippen LogP contribution in [0.3, 0.4) is 0 Å². The maximum Gasteiger partial charge on any atom is 0.256 e. The molecular weight excluding hydrogens is 304 g/mol. The van der Waals surface area contributed by atoms with Crippen molar-refractivity contribution in [1.82, 2.24) is 15.6 Å². The number of nitrogens with one attached hydrogen (secondary N) is 2. The van der Waals surface area contributed by atoms with E-state index in [1.54, 1.807) is 13.0 Å². The van der Waals surface area contributed by atoms with E-state index < -0.39 is 0 Å². The summed E-state index contributed by atoms with van der Waals surface area (Å²) in [6.45, 7) is 3.87. The first kappa shape index (κ1) is 16.5. The molecule has 22 heavy (non-hydrogen) atoms. The number of benzene rings is 1. The third-order valence-electron chi connectivity index (χ3n) is 3.76. The van der Waals surface area contributed by atoms with Gasteiger partial charge in [-0.2, -0.15) is 0 Å². The van der Waals surface area contributed by atoms with Gasteiger partial charge < -0.3 is 10.6 Å². The monoisotopic (exact) mass is 322 g/mol. The molecule has 1 fully saturated rings. The predicted molar refractivity (Wildman–Crippen MR) is 85.4 cm³/mol. The number of hydrogen-bond acceptors (Lipinski definition) is 5. The standard InChI is InChI=1S/C15H18N4O2.ClH/c1-10-14(19-21-18-10)17-15(20)13-4-2-3-11(8-13)7-12-5-6-16-9-12;/h2-4,8,12,16H,5-7,9H2,1H3,(H,17,19,20);1H. The molecule has 6 nitrogen and oxygen atoms in total. The van der Waals surface area contributed by atoms with Crippen LogP contribution in [-0.4, -0.2) is 29.3 Å². The zero-order chi connectivity index (χ0) is 14.7. The largest absolute Gasteiger partial charge is 0.316 e. The Hall–Kier alpha value is -1.92. The molecule has 0 aliphatic carbocycles. The molecule has 1 aromatic heterocycles. The van der Waals surface area contributed by atoms with Crippen molar-refractivity contribution in [2.24, 2.45) is 5.92 Å². The van der Waals surface area contributed by atoms with E-state index >= 15 is 0 Å². The second-order valence-corrected chi connectivity index (χ2v) is 5.42. The average molecular weight is 323 g/mol. The molecule has 1 aromatic carbocycles. The molecular formula is C15H19ClN4O2. The Kier molecular flexibility index (Phi) is 5.51. The van der Waals surface area contributed by atoms with Gasteiger partial charge in [0, 0.05) is 5.56 Å². The van der Waals surface area contributed by atoms with Gasteiger partial charge in [-0.05, 0) is 61.6 Å². The molecule has 1 aliphatic rings. The molecule has 118 valence electrons. The summed E-state index contributed by atoms with van der Waals surface area (Å²) in [5.41, 5.74) is 2.38. The van der Waals surface area contributed by atoms with E-state index in [0.29, 0.717) is 23.0 Å². The van der Waals surface area contributed by atoms with Crippen molar-refractivity contribution in [2.75, 3.05) is 18.4 Å². The summed E-state index contributed by atoms with van der Waals surface area (Å²) in [7, 11) is 0. The van der Waals surface area contributed by atoms with Gasteiger partial charge in [0.15, 0.2) is 0 Å². The summed E-state index contributed by atoms with van der Waals surface area (Å²) < 4.78 is 4.57. The third-order valence-corrected chi connectivity index (χ3v) is 3.76. The normalized spacial score (nSPS) is 17.0. The van der Waals surface area contributed by atoms with Crippen LogP contribution in [0.1, 0.15) is 28.0 Å². The minimum absolute atomic E-state index is 0. The maximum absolute atomic E-state index is 12.2. The summed E-state index contributed by atoms with van der Waals surface area (Å²) in [6.07, 6.45) is 2.19. The highest BCUT2D eigenvalue weighted by atomic mass is 35.5. The average Bonchev–Trinajstić information content (AvgIpc) is 3.12. The quantitative estimate of drug-likeness (QED) is 0.902. The smallest absolute Gasteiger partial charge is 0.256 e. The summed E-state index contributed by atoms with van der Waals surface area (Å²) in [5.74, 6) is 0.830. The first-order chi connectivity index (χ1) is 10.2. The molecule has 2 aromatic rings. The van der Waals surface area contributed by atoms with E-state index in [2.05, 4.69) is 31.6 Å². The number of hydrogen-bond donors (Lipinski definition) is 2. The van der Waals surface area contributed by atoms with Crippen LogP contribution in [0.15, 0.2) is 28.9 Å². The molecule has 1 atom stereocenters. The van der Waals surface area contributed by atoms with Crippen molar-refractivity contribution in [3.63, 3.8) is 0 Å². The molecule has 3 rings (SSSR count). The summed E-state index contributed by atoms with van der Waals surface area (Å²) in [6, 6.07) is 7.73. The Morgan fingerprint density at radius 3 is 3.00 bits per heavy atom. The minimum Gasteiger partial charge on any atom is -0.316 e. The second-order valence-electron chi connectivity index (χ2n) is 5.42. The molecule has 1 aliphatic heterocycles. The maximum atomic E-state index is 12.2. The Morgan fingerprint density at radius 2 is 2.32 bits per heavy atom. The highest BCUT2D eigenvalue weighted by Gasteiger charge is 2.16. The molecule has 0 radical (unpaired) electrons. The molecule has 0 spiro atoms. The topological polar surface area (TPSA) is 80.1 Å². The molecule has 2 heterocycles. The van der Waals surface area contributed by atoms with Gasteiger partial charge in [-0.25, -0.2) is 4.63 Å². The lowest BCUT2D eigenvalue weighted by molar-refractivity contribution is 0.102. The highest BCUT2D eigenvalue weighted by Crippen LogP contribution is 2.17. The zero-order valence-electron chi connectivity index (χ0n) is 12.3. The van der Waals surface area contributed by atoms with Crippen molar-refractivity contribution >= 4 is 24.1 Å². The van der Waals surface area contributed by atoms with Gasteiger partial charge in [-0.3, -0.25) is 4.79 Å². The van der Waals surface area contributed by atoms with E-state index in [-0.39, 0.29) is 18.3 Å². The first-order valence-corrected chi connectivity index (χ1v) is 7.12. The number of rotatable bonds is 4. The fourth-order valence-electron chi connectivity index (χ4n) is 2.59. The number of amides is 1. The van der Waals surface area contributed by atoms with Gasteiger partial charge in [-0.15, -0.1) is 12.4 Å². The van der Waals surface area contributed by atoms with E-state index in [0.717, 1.165) is 19.5 Å². The Bertz CT molecular complexity index is 638. The van der Waals surface area contributed by atoms with Crippen LogP contribution < -0.4 is 10.6 Å². The zero-order valence-corrected chi connectivity index (χ0v) is 13.2. The summed E-state index contributed by atoms with van der Waals surface area (Å²) in [4.78, 5) is 12.2. The molecule has 1 saturated heterocycles. The van der Waals surface area contributed by atoms with Crippen molar-refractivity contribution in [3.05, 3.63) is 41.1 Å². The van der Waals surface area contributed by atoms with Crippen LogP contribution in [0, 0.1) is 12.8 Å². The van der Waals surface area contributed by atoms with Gasteiger partial charge in [0.25, 0.3) is 5.91 Å². The number of carbonyl (C=O) groups excluding carboxylic acids is 1. The van der Waals surface area contributed by atoms with Crippen LogP contribution in [0.25, 0.3) is 0 Å². The Labute approximate surface area is 135 Å². The molecule has 0 saturated carbocycles. The molecule has 0 bridgehead atoms. The van der Waals surface area contributed by atoms with E-state index in [1.807, 2.05) is 12.1 Å². The van der Waals surface area contributed by atoms with Gasteiger partial charge in [0.05, 0.1) is 0 Å². The van der Waals surface area contributed by atoms with E-state index in [1.165, 1.54) is 12.0 Å². The Morgan fingerprint density at radius 1 is 1.45 bits per heavy atom. The van der Waals surface area contributed by atoms with Crippen molar-refractivity contribution in [1.29, 1.82) is 0 Å². The fourth-order valence-corrected chi connectivity index (χ4v) is 2.59. The van der Waals surface area contributed by atoms with Gasteiger partial charge in [0.2, 0.25) is 5.82 Å². The van der Waals surface area contributed by atoms with Crippen LogP contribution in [-0.2, 0) is 6.42 Å². The van der Waals surface area contributed by atoms with E-state index in [9.17, 15) is 4.79 Å². The third kappa shape index (κ3) is 3.84. The van der Waals surface area contributed by atoms with Crippen molar-refractivity contribution in [3.8, 4) is 0 Å². The lowest BCUT2D eigenvalue weighted by Crippen LogP contribution is -2.14. The second kappa shape index (κ2) is 7.38. The number of halogens is 1. The van der Waals surface area contributed by atoms with Gasteiger partial charge in [-0.1, -0.05) is 17.3 Å². The number of anilines is 1. The number of carbonyl (C=O) groups is 1. The lowest BCUT2D eigenvalue weighted by atomic mass is 9.97.